The smallest absolute Gasteiger partial charge is 0.387 e. The SMILES string of the molecule is Cc1ccc(OC(F)F)c(NC(=O)Cn2cc(Cl)cn2)c1. The number of aromatic nitrogens is 2. The molecule has 0 saturated heterocycles. The van der Waals surface area contributed by atoms with E-state index in [1.54, 1.807) is 19.1 Å². The third-order valence-corrected chi connectivity index (χ3v) is 2.73. The van der Waals surface area contributed by atoms with Gasteiger partial charge in [-0.1, -0.05) is 17.7 Å². The topological polar surface area (TPSA) is 56.1 Å². The second-order valence-corrected chi connectivity index (χ2v) is 4.72. The Morgan fingerprint density at radius 3 is 2.90 bits per heavy atom. The molecule has 0 bridgehead atoms. The van der Waals surface area contributed by atoms with Gasteiger partial charge in [-0.2, -0.15) is 13.9 Å². The number of anilines is 1. The van der Waals surface area contributed by atoms with Crippen LogP contribution in [0.3, 0.4) is 0 Å². The molecule has 1 aromatic carbocycles. The van der Waals surface area contributed by atoms with E-state index in [2.05, 4.69) is 15.2 Å². The van der Waals surface area contributed by atoms with Crippen molar-refractivity contribution in [3.63, 3.8) is 0 Å². The Bertz CT molecular complexity index is 646. The highest BCUT2D eigenvalue weighted by Gasteiger charge is 2.13. The first kappa shape index (κ1) is 15.2. The average molecular weight is 316 g/mol. The third-order valence-electron chi connectivity index (χ3n) is 2.53. The fraction of sp³-hybridized carbons (Fsp3) is 0.231. The summed E-state index contributed by atoms with van der Waals surface area (Å²) in [4.78, 5) is 11.9. The fourth-order valence-corrected chi connectivity index (χ4v) is 1.86. The zero-order valence-corrected chi connectivity index (χ0v) is 11.8. The zero-order chi connectivity index (χ0) is 15.4. The minimum atomic E-state index is -2.96. The highest BCUT2D eigenvalue weighted by atomic mass is 35.5. The van der Waals surface area contributed by atoms with Gasteiger partial charge in [-0.15, -0.1) is 0 Å². The number of ether oxygens (including phenoxy) is 1. The van der Waals surface area contributed by atoms with Crippen LogP contribution in [-0.2, 0) is 11.3 Å². The Balaban J connectivity index is 2.10. The van der Waals surface area contributed by atoms with Crippen LogP contribution in [0.25, 0.3) is 0 Å². The van der Waals surface area contributed by atoms with Gasteiger partial charge in [-0.25, -0.2) is 0 Å². The molecule has 0 saturated carbocycles. The molecule has 0 radical (unpaired) electrons. The largest absolute Gasteiger partial charge is 0.433 e. The van der Waals surface area contributed by atoms with E-state index in [9.17, 15) is 13.6 Å². The molecule has 8 heteroatoms. The van der Waals surface area contributed by atoms with Crippen molar-refractivity contribution in [2.45, 2.75) is 20.1 Å². The van der Waals surface area contributed by atoms with Gasteiger partial charge in [-0.3, -0.25) is 9.48 Å². The minimum absolute atomic E-state index is 0.0885. The van der Waals surface area contributed by atoms with Crippen molar-refractivity contribution in [3.05, 3.63) is 41.2 Å². The molecule has 21 heavy (non-hydrogen) atoms. The van der Waals surface area contributed by atoms with Gasteiger partial charge in [0.2, 0.25) is 5.91 Å². The summed E-state index contributed by atoms with van der Waals surface area (Å²) in [6.45, 7) is -1.28. The van der Waals surface area contributed by atoms with Crippen molar-refractivity contribution >= 4 is 23.2 Å². The maximum atomic E-state index is 12.3. The molecule has 0 aliphatic heterocycles. The molecule has 2 rings (SSSR count). The number of hydrogen-bond donors (Lipinski definition) is 1. The van der Waals surface area contributed by atoms with Crippen LogP contribution < -0.4 is 10.1 Å². The molecule has 0 aliphatic rings. The van der Waals surface area contributed by atoms with E-state index in [1.807, 2.05) is 0 Å². The Morgan fingerprint density at radius 2 is 2.29 bits per heavy atom. The summed E-state index contributed by atoms with van der Waals surface area (Å²) in [7, 11) is 0. The van der Waals surface area contributed by atoms with Crippen molar-refractivity contribution in [2.24, 2.45) is 0 Å². The summed E-state index contributed by atoms with van der Waals surface area (Å²) in [5.41, 5.74) is 0.979. The second-order valence-electron chi connectivity index (χ2n) is 4.28. The molecular weight excluding hydrogens is 304 g/mol. The quantitative estimate of drug-likeness (QED) is 0.922. The number of amides is 1. The van der Waals surface area contributed by atoms with E-state index >= 15 is 0 Å². The number of carbonyl (C=O) groups is 1. The van der Waals surface area contributed by atoms with Crippen LogP contribution in [0.1, 0.15) is 5.56 Å². The Morgan fingerprint density at radius 1 is 1.52 bits per heavy atom. The fourth-order valence-electron chi connectivity index (χ4n) is 1.70. The zero-order valence-electron chi connectivity index (χ0n) is 11.0. The maximum Gasteiger partial charge on any atom is 0.387 e. The van der Waals surface area contributed by atoms with E-state index < -0.39 is 12.5 Å². The third kappa shape index (κ3) is 4.42. The van der Waals surface area contributed by atoms with Crippen LogP contribution >= 0.6 is 11.6 Å². The van der Waals surface area contributed by atoms with E-state index in [0.29, 0.717) is 5.02 Å². The van der Waals surface area contributed by atoms with Gasteiger partial charge >= 0.3 is 6.61 Å². The second kappa shape index (κ2) is 6.53. The van der Waals surface area contributed by atoms with E-state index in [-0.39, 0.29) is 18.0 Å². The van der Waals surface area contributed by atoms with Crippen LogP contribution in [0.4, 0.5) is 14.5 Å². The number of hydrogen-bond acceptors (Lipinski definition) is 3. The van der Waals surface area contributed by atoms with E-state index in [0.717, 1.165) is 5.56 Å². The highest BCUT2D eigenvalue weighted by molar-refractivity contribution is 6.30. The maximum absolute atomic E-state index is 12.3. The number of carbonyl (C=O) groups excluding carboxylic acids is 1. The molecule has 0 aliphatic carbocycles. The molecule has 0 unspecified atom stereocenters. The summed E-state index contributed by atoms with van der Waals surface area (Å²) in [5.74, 6) is -0.526. The standard InChI is InChI=1S/C13H12ClF2N3O2/c1-8-2-3-11(21-13(15)16)10(4-8)18-12(20)7-19-6-9(14)5-17-19/h2-6,13H,7H2,1H3,(H,18,20). The Hall–Kier alpha value is -2.15. The van der Waals surface area contributed by atoms with Crippen molar-refractivity contribution in [1.29, 1.82) is 0 Å². The summed E-state index contributed by atoms with van der Waals surface area (Å²) >= 11 is 5.69. The molecule has 2 aromatic rings. The van der Waals surface area contributed by atoms with Gasteiger partial charge in [0.1, 0.15) is 12.3 Å². The predicted molar refractivity (Wildman–Crippen MR) is 73.7 cm³/mol. The molecule has 1 heterocycles. The monoisotopic (exact) mass is 315 g/mol. The van der Waals surface area contributed by atoms with E-state index in [1.165, 1.54) is 23.1 Å². The van der Waals surface area contributed by atoms with Crippen LogP contribution in [0, 0.1) is 6.92 Å². The van der Waals surface area contributed by atoms with Crippen LogP contribution in [0.15, 0.2) is 30.6 Å². The molecule has 0 atom stereocenters. The Labute approximate surface area is 124 Å². The molecule has 5 nitrogen and oxygen atoms in total. The molecular formula is C13H12ClF2N3O2. The summed E-state index contributed by atoms with van der Waals surface area (Å²) in [6, 6.07) is 4.54. The average Bonchev–Trinajstić information content (AvgIpc) is 2.77. The number of alkyl halides is 2. The molecule has 1 amide bonds. The first-order chi connectivity index (χ1) is 9.94. The van der Waals surface area contributed by atoms with Gasteiger partial charge < -0.3 is 10.1 Å². The van der Waals surface area contributed by atoms with Gasteiger partial charge in [-0.05, 0) is 24.6 Å². The van der Waals surface area contributed by atoms with Crippen molar-refractivity contribution < 1.29 is 18.3 Å². The van der Waals surface area contributed by atoms with Crippen LogP contribution in [0.2, 0.25) is 5.02 Å². The number of halogens is 3. The molecule has 0 spiro atoms. The van der Waals surface area contributed by atoms with Gasteiger partial charge in [0, 0.05) is 6.20 Å². The number of nitrogens with zero attached hydrogens (tertiary/aromatic N) is 2. The number of nitrogens with one attached hydrogen (secondary N) is 1. The molecule has 0 fully saturated rings. The first-order valence-corrected chi connectivity index (χ1v) is 6.35. The normalized spacial score (nSPS) is 10.7. The number of benzene rings is 1. The lowest BCUT2D eigenvalue weighted by molar-refractivity contribution is -0.117. The molecule has 112 valence electrons. The van der Waals surface area contributed by atoms with Crippen molar-refractivity contribution in [3.8, 4) is 5.75 Å². The van der Waals surface area contributed by atoms with Crippen LogP contribution in [-0.4, -0.2) is 22.3 Å². The van der Waals surface area contributed by atoms with Crippen molar-refractivity contribution in [2.75, 3.05) is 5.32 Å². The molecule has 1 N–H and O–H groups in total. The predicted octanol–water partition coefficient (Wildman–Crippen LogP) is 3.09. The van der Waals surface area contributed by atoms with Crippen molar-refractivity contribution in [1.82, 2.24) is 9.78 Å². The molecule has 1 aromatic heterocycles. The lowest BCUT2D eigenvalue weighted by Crippen LogP contribution is -2.20. The minimum Gasteiger partial charge on any atom is -0.433 e. The van der Waals surface area contributed by atoms with Gasteiger partial charge in [0.05, 0.1) is 16.9 Å². The summed E-state index contributed by atoms with van der Waals surface area (Å²) < 4.78 is 30.3. The highest BCUT2D eigenvalue weighted by Crippen LogP contribution is 2.27. The lowest BCUT2D eigenvalue weighted by atomic mass is 10.2. The van der Waals surface area contributed by atoms with Gasteiger partial charge in [0.25, 0.3) is 0 Å². The Kier molecular flexibility index (Phi) is 4.74. The van der Waals surface area contributed by atoms with Gasteiger partial charge in [0.15, 0.2) is 0 Å². The lowest BCUT2D eigenvalue weighted by Gasteiger charge is -2.12. The number of rotatable bonds is 5. The summed E-state index contributed by atoms with van der Waals surface area (Å²) in [5, 5.41) is 6.77. The van der Waals surface area contributed by atoms with Crippen LogP contribution in [0.5, 0.6) is 5.75 Å². The number of aryl methyl sites for hydroxylation is 1. The first-order valence-electron chi connectivity index (χ1n) is 5.97. The summed E-state index contributed by atoms with van der Waals surface area (Å²) in [6.07, 6.45) is 2.88. The van der Waals surface area contributed by atoms with E-state index in [4.69, 9.17) is 11.6 Å².